The van der Waals surface area contributed by atoms with Gasteiger partial charge in [0.1, 0.15) is 12.4 Å². The molecule has 0 spiro atoms. The molecule has 1 atom stereocenters. The van der Waals surface area contributed by atoms with Crippen LogP contribution in [0.3, 0.4) is 0 Å². The Bertz CT molecular complexity index is 974. The van der Waals surface area contributed by atoms with E-state index in [1.54, 1.807) is 42.5 Å². The number of para-hydroxylation sites is 1. The van der Waals surface area contributed by atoms with E-state index in [1.807, 2.05) is 36.4 Å². The van der Waals surface area contributed by atoms with Gasteiger partial charge in [0, 0.05) is 16.3 Å². The van der Waals surface area contributed by atoms with Gasteiger partial charge in [0.2, 0.25) is 0 Å². The number of hydrogen-bond acceptors (Lipinski definition) is 4. The number of benzene rings is 3. The summed E-state index contributed by atoms with van der Waals surface area (Å²) >= 11 is 5.83. The van der Waals surface area contributed by atoms with Gasteiger partial charge in [-0.3, -0.25) is 4.79 Å². The molecule has 3 rings (SSSR count). The Morgan fingerprint density at radius 2 is 1.59 bits per heavy atom. The van der Waals surface area contributed by atoms with Crippen LogP contribution >= 0.6 is 11.6 Å². The highest BCUT2D eigenvalue weighted by Crippen LogP contribution is 2.17. The number of esters is 1. The van der Waals surface area contributed by atoms with Crippen molar-refractivity contribution in [1.29, 1.82) is 0 Å². The third-order valence-corrected chi connectivity index (χ3v) is 4.39. The molecular weight excluding hydrogens is 390 g/mol. The summed E-state index contributed by atoms with van der Waals surface area (Å²) in [4.78, 5) is 24.9. The van der Waals surface area contributed by atoms with E-state index in [0.717, 1.165) is 0 Å². The van der Waals surface area contributed by atoms with E-state index < -0.39 is 18.0 Å². The van der Waals surface area contributed by atoms with Crippen molar-refractivity contribution in [2.45, 2.75) is 19.6 Å². The lowest BCUT2D eigenvalue weighted by Gasteiger charge is -2.15. The Balaban J connectivity index is 1.62. The zero-order chi connectivity index (χ0) is 20.6. The molecule has 0 aromatic heterocycles. The second-order valence-corrected chi connectivity index (χ2v) is 6.74. The molecule has 29 heavy (non-hydrogen) atoms. The van der Waals surface area contributed by atoms with Crippen LogP contribution in [0, 0.1) is 0 Å². The summed E-state index contributed by atoms with van der Waals surface area (Å²) in [6.07, 6.45) is -0.971. The van der Waals surface area contributed by atoms with Crippen molar-refractivity contribution in [2.75, 3.05) is 5.32 Å². The number of carbonyl (C=O) groups excluding carboxylic acids is 2. The molecule has 1 amide bonds. The zero-order valence-electron chi connectivity index (χ0n) is 15.8. The quantitative estimate of drug-likeness (QED) is 0.551. The smallest absolute Gasteiger partial charge is 0.339 e. The van der Waals surface area contributed by atoms with Crippen LogP contribution in [0.1, 0.15) is 22.8 Å². The maximum atomic E-state index is 12.6. The summed E-state index contributed by atoms with van der Waals surface area (Å²) < 4.78 is 11.1. The van der Waals surface area contributed by atoms with E-state index in [1.165, 1.54) is 6.92 Å². The van der Waals surface area contributed by atoms with Gasteiger partial charge in [0.05, 0.1) is 5.56 Å². The maximum Gasteiger partial charge on any atom is 0.339 e. The van der Waals surface area contributed by atoms with Crippen molar-refractivity contribution in [3.05, 3.63) is 95.0 Å². The van der Waals surface area contributed by atoms with Gasteiger partial charge < -0.3 is 14.8 Å². The van der Waals surface area contributed by atoms with E-state index in [4.69, 9.17) is 21.1 Å². The number of anilines is 1. The highest BCUT2D eigenvalue weighted by molar-refractivity contribution is 6.30. The number of hydrogen-bond donors (Lipinski definition) is 1. The molecular formula is C23H20ClNO4. The lowest BCUT2D eigenvalue weighted by molar-refractivity contribution is -0.123. The Kier molecular flexibility index (Phi) is 6.87. The Morgan fingerprint density at radius 3 is 2.31 bits per heavy atom. The number of rotatable bonds is 7. The number of nitrogens with one attached hydrogen (secondary N) is 1. The fraction of sp³-hybridized carbons (Fsp3) is 0.130. The summed E-state index contributed by atoms with van der Waals surface area (Å²) in [6, 6.07) is 23.0. The van der Waals surface area contributed by atoms with Gasteiger partial charge in [-0.15, -0.1) is 0 Å². The van der Waals surface area contributed by atoms with Crippen molar-refractivity contribution in [1.82, 2.24) is 0 Å². The number of carbonyl (C=O) groups is 2. The van der Waals surface area contributed by atoms with Crippen molar-refractivity contribution < 1.29 is 19.1 Å². The highest BCUT2D eigenvalue weighted by Gasteiger charge is 2.21. The summed E-state index contributed by atoms with van der Waals surface area (Å²) in [5.41, 5.74) is 1.60. The SMILES string of the molecule is C[C@@H](OC(=O)c1ccccc1COc1ccccc1)C(=O)Nc1ccc(Cl)cc1. The molecule has 0 aliphatic rings. The van der Waals surface area contributed by atoms with Gasteiger partial charge in [0.25, 0.3) is 5.91 Å². The third kappa shape index (κ3) is 5.83. The normalized spacial score (nSPS) is 11.4. The second-order valence-electron chi connectivity index (χ2n) is 6.30. The van der Waals surface area contributed by atoms with Gasteiger partial charge in [-0.2, -0.15) is 0 Å². The molecule has 0 radical (unpaired) electrons. The highest BCUT2D eigenvalue weighted by atomic mass is 35.5. The molecule has 0 bridgehead atoms. The average Bonchev–Trinajstić information content (AvgIpc) is 2.74. The van der Waals surface area contributed by atoms with E-state index >= 15 is 0 Å². The molecule has 0 fully saturated rings. The molecule has 0 heterocycles. The monoisotopic (exact) mass is 409 g/mol. The minimum atomic E-state index is -0.971. The fourth-order valence-electron chi connectivity index (χ4n) is 2.58. The van der Waals surface area contributed by atoms with Crippen LogP contribution in [-0.2, 0) is 16.1 Å². The lowest BCUT2D eigenvalue weighted by Crippen LogP contribution is -2.30. The first-order chi connectivity index (χ1) is 14.0. The first-order valence-corrected chi connectivity index (χ1v) is 9.44. The number of amides is 1. The van der Waals surface area contributed by atoms with E-state index in [9.17, 15) is 9.59 Å². The Hall–Kier alpha value is -3.31. The van der Waals surface area contributed by atoms with E-state index in [-0.39, 0.29) is 6.61 Å². The summed E-state index contributed by atoms with van der Waals surface area (Å²) in [7, 11) is 0. The first kappa shape index (κ1) is 20.4. The molecule has 0 unspecified atom stereocenters. The standard InChI is InChI=1S/C23H20ClNO4/c1-16(22(26)25-19-13-11-18(24)12-14-19)29-23(27)21-10-6-5-7-17(21)15-28-20-8-3-2-4-9-20/h2-14,16H,15H2,1H3,(H,25,26)/t16-/m1/s1. The largest absolute Gasteiger partial charge is 0.489 e. The predicted molar refractivity (Wildman–Crippen MR) is 112 cm³/mol. The summed E-state index contributed by atoms with van der Waals surface area (Å²) in [5.74, 6) is -0.318. The predicted octanol–water partition coefficient (Wildman–Crippen LogP) is 5.10. The van der Waals surface area contributed by atoms with Crippen LogP contribution in [0.2, 0.25) is 5.02 Å². The van der Waals surface area contributed by atoms with Crippen LogP contribution in [0.15, 0.2) is 78.9 Å². The van der Waals surface area contributed by atoms with Crippen molar-refractivity contribution in [3.8, 4) is 5.75 Å². The molecule has 148 valence electrons. The van der Waals surface area contributed by atoms with Crippen molar-refractivity contribution in [2.24, 2.45) is 0 Å². The molecule has 3 aromatic rings. The fourth-order valence-corrected chi connectivity index (χ4v) is 2.70. The summed E-state index contributed by atoms with van der Waals surface area (Å²) in [6.45, 7) is 1.73. The number of ether oxygens (including phenoxy) is 2. The van der Waals surface area contributed by atoms with Gasteiger partial charge in [-0.25, -0.2) is 4.79 Å². The second kappa shape index (κ2) is 9.75. The van der Waals surface area contributed by atoms with Gasteiger partial charge in [-0.05, 0) is 49.4 Å². The van der Waals surface area contributed by atoms with E-state index in [0.29, 0.717) is 27.6 Å². The van der Waals surface area contributed by atoms with Crippen LogP contribution in [-0.4, -0.2) is 18.0 Å². The maximum absolute atomic E-state index is 12.6. The minimum Gasteiger partial charge on any atom is -0.489 e. The molecule has 3 aromatic carbocycles. The van der Waals surface area contributed by atoms with Gasteiger partial charge in [0.15, 0.2) is 6.10 Å². The van der Waals surface area contributed by atoms with Crippen LogP contribution < -0.4 is 10.1 Å². The lowest BCUT2D eigenvalue weighted by atomic mass is 10.1. The number of halogens is 1. The molecule has 0 aliphatic heterocycles. The van der Waals surface area contributed by atoms with Crippen LogP contribution in [0.4, 0.5) is 5.69 Å². The molecule has 5 nitrogen and oxygen atoms in total. The molecule has 0 aliphatic carbocycles. The van der Waals surface area contributed by atoms with Gasteiger partial charge >= 0.3 is 5.97 Å². The third-order valence-electron chi connectivity index (χ3n) is 4.14. The zero-order valence-corrected chi connectivity index (χ0v) is 16.6. The molecule has 0 saturated carbocycles. The average molecular weight is 410 g/mol. The minimum absolute atomic E-state index is 0.209. The topological polar surface area (TPSA) is 64.6 Å². The van der Waals surface area contributed by atoms with Crippen LogP contribution in [0.5, 0.6) is 5.75 Å². The van der Waals surface area contributed by atoms with Gasteiger partial charge in [-0.1, -0.05) is 48.0 Å². The Labute approximate surface area is 174 Å². The first-order valence-electron chi connectivity index (χ1n) is 9.06. The molecule has 6 heteroatoms. The van der Waals surface area contributed by atoms with E-state index in [2.05, 4.69) is 5.32 Å². The van der Waals surface area contributed by atoms with Crippen LogP contribution in [0.25, 0.3) is 0 Å². The molecule has 0 saturated heterocycles. The van der Waals surface area contributed by atoms with Crippen molar-refractivity contribution >= 4 is 29.2 Å². The molecule has 1 N–H and O–H groups in total. The van der Waals surface area contributed by atoms with Crippen molar-refractivity contribution in [3.63, 3.8) is 0 Å². The summed E-state index contributed by atoms with van der Waals surface area (Å²) in [5, 5.41) is 3.25. The Morgan fingerprint density at radius 1 is 0.931 bits per heavy atom.